The molecule has 1 aliphatic rings. The molecule has 0 amide bonds. The van der Waals surface area contributed by atoms with Crippen LogP contribution in [0, 0.1) is 13.8 Å². The zero-order chi connectivity index (χ0) is 18.0. The van der Waals surface area contributed by atoms with Crippen molar-refractivity contribution in [2.24, 2.45) is 0 Å². The monoisotopic (exact) mass is 360 g/mol. The van der Waals surface area contributed by atoms with Crippen molar-refractivity contribution in [2.45, 2.75) is 32.1 Å². The molecule has 0 spiro atoms. The molecule has 0 radical (unpaired) electrons. The van der Waals surface area contributed by atoms with Crippen molar-refractivity contribution in [3.8, 4) is 0 Å². The molecule has 0 bridgehead atoms. The number of nitrogens with zero attached hydrogens (tertiary/aromatic N) is 4. The molecule has 1 aliphatic heterocycles. The van der Waals surface area contributed by atoms with Crippen molar-refractivity contribution in [3.05, 3.63) is 53.3 Å². The van der Waals surface area contributed by atoms with Crippen LogP contribution < -0.4 is 4.90 Å². The lowest BCUT2D eigenvalue weighted by molar-refractivity contribution is 0.389. The van der Waals surface area contributed by atoms with E-state index in [1.165, 1.54) is 4.31 Å². The van der Waals surface area contributed by atoms with E-state index in [0.29, 0.717) is 12.5 Å². The van der Waals surface area contributed by atoms with Gasteiger partial charge in [0.15, 0.2) is 0 Å². The maximum absolute atomic E-state index is 12.7. The molecular weight excluding hydrogens is 336 g/mol. The van der Waals surface area contributed by atoms with Crippen LogP contribution in [0.4, 0.5) is 5.95 Å². The van der Waals surface area contributed by atoms with Crippen LogP contribution in [0.5, 0.6) is 0 Å². The van der Waals surface area contributed by atoms with Gasteiger partial charge in [0.05, 0.1) is 5.75 Å². The van der Waals surface area contributed by atoms with Gasteiger partial charge in [-0.15, -0.1) is 0 Å². The maximum atomic E-state index is 12.7. The molecular formula is C18H24N4O2S. The first-order valence-electron chi connectivity index (χ1n) is 8.42. The van der Waals surface area contributed by atoms with Crippen LogP contribution >= 0.6 is 0 Å². The summed E-state index contributed by atoms with van der Waals surface area (Å²) in [5.41, 5.74) is 2.66. The van der Waals surface area contributed by atoms with Gasteiger partial charge in [0.25, 0.3) is 0 Å². The minimum absolute atomic E-state index is 0.0287. The maximum Gasteiger partial charge on any atom is 0.225 e. The Hall–Kier alpha value is -1.99. The van der Waals surface area contributed by atoms with E-state index in [-0.39, 0.29) is 11.8 Å². The van der Waals surface area contributed by atoms with Gasteiger partial charge in [-0.1, -0.05) is 30.3 Å². The van der Waals surface area contributed by atoms with Crippen LogP contribution in [-0.4, -0.2) is 48.9 Å². The van der Waals surface area contributed by atoms with Crippen LogP contribution in [0.25, 0.3) is 0 Å². The third-order valence-electron chi connectivity index (χ3n) is 4.56. The van der Waals surface area contributed by atoms with Crippen molar-refractivity contribution >= 4 is 16.0 Å². The molecule has 1 unspecified atom stereocenters. The van der Waals surface area contributed by atoms with Crippen molar-refractivity contribution in [1.29, 1.82) is 0 Å². The lowest BCUT2D eigenvalue weighted by atomic mass is 10.2. The van der Waals surface area contributed by atoms with Crippen LogP contribution in [0.15, 0.2) is 36.4 Å². The smallest absolute Gasteiger partial charge is 0.225 e. The molecule has 6 nitrogen and oxygen atoms in total. The number of likely N-dealkylation sites (N-methyl/N-ethyl adjacent to an activating group) is 1. The first-order valence-corrected chi connectivity index (χ1v) is 10.0. The van der Waals surface area contributed by atoms with Gasteiger partial charge < -0.3 is 4.90 Å². The molecule has 0 saturated carbocycles. The number of aromatic nitrogens is 2. The highest BCUT2D eigenvalue weighted by Crippen LogP contribution is 2.23. The summed E-state index contributed by atoms with van der Waals surface area (Å²) in [6.45, 7) is 5.27. The molecule has 0 N–H and O–H groups in total. The number of aryl methyl sites for hydroxylation is 2. The molecule has 2 heterocycles. The van der Waals surface area contributed by atoms with Crippen LogP contribution in [0.3, 0.4) is 0 Å². The van der Waals surface area contributed by atoms with E-state index in [0.717, 1.165) is 29.9 Å². The fourth-order valence-corrected chi connectivity index (χ4v) is 4.63. The van der Waals surface area contributed by atoms with Gasteiger partial charge in [0.2, 0.25) is 16.0 Å². The van der Waals surface area contributed by atoms with Gasteiger partial charge in [-0.3, -0.25) is 0 Å². The highest BCUT2D eigenvalue weighted by Gasteiger charge is 2.33. The van der Waals surface area contributed by atoms with Crippen LogP contribution in [0.1, 0.15) is 23.4 Å². The van der Waals surface area contributed by atoms with Gasteiger partial charge in [-0.2, -0.15) is 4.31 Å². The molecule has 1 atom stereocenters. The second-order valence-electron chi connectivity index (χ2n) is 6.60. The van der Waals surface area contributed by atoms with E-state index in [1.807, 2.05) is 50.2 Å². The number of hydrogen-bond donors (Lipinski definition) is 0. The van der Waals surface area contributed by atoms with E-state index in [1.54, 1.807) is 7.05 Å². The van der Waals surface area contributed by atoms with E-state index in [4.69, 9.17) is 0 Å². The first kappa shape index (κ1) is 17.8. The molecule has 1 fully saturated rings. The van der Waals surface area contributed by atoms with E-state index < -0.39 is 10.0 Å². The standard InChI is InChI=1S/C18H24N4O2S/c1-14-11-15(2)20-18(19-14)22-10-9-17(12-22)21(3)25(23,24)13-16-7-5-4-6-8-16/h4-8,11,17H,9-10,12-13H2,1-3H3. The first-order chi connectivity index (χ1) is 11.8. The number of benzene rings is 1. The summed E-state index contributed by atoms with van der Waals surface area (Å²) in [5, 5.41) is 0. The summed E-state index contributed by atoms with van der Waals surface area (Å²) in [5.74, 6) is 0.717. The van der Waals surface area contributed by atoms with Gasteiger partial charge in [-0.05, 0) is 31.9 Å². The normalized spacial score (nSPS) is 18.1. The van der Waals surface area contributed by atoms with Crippen LogP contribution in [0.2, 0.25) is 0 Å². The Kier molecular flexibility index (Phi) is 5.06. The lowest BCUT2D eigenvalue weighted by Crippen LogP contribution is -2.39. The predicted octanol–water partition coefficient (Wildman–Crippen LogP) is 2.13. The molecule has 1 aromatic heterocycles. The highest BCUT2D eigenvalue weighted by atomic mass is 32.2. The molecule has 25 heavy (non-hydrogen) atoms. The fourth-order valence-electron chi connectivity index (χ4n) is 3.18. The van der Waals surface area contributed by atoms with Crippen LogP contribution in [-0.2, 0) is 15.8 Å². The summed E-state index contributed by atoms with van der Waals surface area (Å²) in [6.07, 6.45) is 0.779. The second-order valence-corrected chi connectivity index (χ2v) is 8.63. The quantitative estimate of drug-likeness (QED) is 0.817. The second kappa shape index (κ2) is 7.09. The number of anilines is 1. The summed E-state index contributed by atoms with van der Waals surface area (Å²) >= 11 is 0. The Morgan fingerprint density at radius 2 is 1.80 bits per heavy atom. The summed E-state index contributed by atoms with van der Waals surface area (Å²) in [7, 11) is -1.68. The Morgan fingerprint density at radius 3 is 2.44 bits per heavy atom. The number of sulfonamides is 1. The lowest BCUT2D eigenvalue weighted by Gasteiger charge is -2.24. The largest absolute Gasteiger partial charge is 0.339 e. The van der Waals surface area contributed by atoms with Crippen molar-refractivity contribution in [1.82, 2.24) is 14.3 Å². The minimum atomic E-state index is -3.35. The molecule has 134 valence electrons. The van der Waals surface area contributed by atoms with Crippen molar-refractivity contribution in [2.75, 3.05) is 25.0 Å². The zero-order valence-corrected chi connectivity index (χ0v) is 15.7. The molecule has 1 saturated heterocycles. The fraction of sp³-hybridized carbons (Fsp3) is 0.444. The van der Waals surface area contributed by atoms with Gasteiger partial charge in [-0.25, -0.2) is 18.4 Å². The number of rotatable bonds is 5. The minimum Gasteiger partial charge on any atom is -0.339 e. The van der Waals surface area contributed by atoms with E-state index in [9.17, 15) is 8.42 Å². The topological polar surface area (TPSA) is 66.4 Å². The summed E-state index contributed by atoms with van der Waals surface area (Å²) in [4.78, 5) is 11.0. The van der Waals surface area contributed by atoms with Gasteiger partial charge in [0, 0.05) is 37.6 Å². The predicted molar refractivity (Wildman–Crippen MR) is 99.0 cm³/mol. The molecule has 0 aliphatic carbocycles. The molecule has 1 aromatic carbocycles. The Balaban J connectivity index is 1.70. The van der Waals surface area contributed by atoms with E-state index in [2.05, 4.69) is 14.9 Å². The Labute approximate surface area is 149 Å². The Bertz CT molecular complexity index is 819. The summed E-state index contributed by atoms with van der Waals surface area (Å²) in [6, 6.07) is 11.2. The zero-order valence-electron chi connectivity index (χ0n) is 14.9. The molecule has 3 rings (SSSR count). The summed E-state index contributed by atoms with van der Waals surface area (Å²) < 4.78 is 26.9. The van der Waals surface area contributed by atoms with E-state index >= 15 is 0 Å². The van der Waals surface area contributed by atoms with Gasteiger partial charge >= 0.3 is 0 Å². The highest BCUT2D eigenvalue weighted by molar-refractivity contribution is 7.88. The average molecular weight is 360 g/mol. The number of hydrogen-bond acceptors (Lipinski definition) is 5. The molecule has 7 heteroatoms. The van der Waals surface area contributed by atoms with Crippen molar-refractivity contribution in [3.63, 3.8) is 0 Å². The SMILES string of the molecule is Cc1cc(C)nc(N2CCC(N(C)S(=O)(=O)Cc3ccccc3)C2)n1. The molecule has 2 aromatic rings. The average Bonchev–Trinajstić information content (AvgIpc) is 3.03. The Morgan fingerprint density at radius 1 is 1.16 bits per heavy atom. The van der Waals surface area contributed by atoms with Crippen molar-refractivity contribution < 1.29 is 8.42 Å². The third kappa shape index (κ3) is 4.16. The van der Waals surface area contributed by atoms with Gasteiger partial charge in [0.1, 0.15) is 0 Å². The third-order valence-corrected chi connectivity index (χ3v) is 6.44.